The van der Waals surface area contributed by atoms with E-state index in [1.165, 1.54) is 6.33 Å². The molecule has 1 aliphatic rings. The Kier molecular flexibility index (Phi) is 4.32. The van der Waals surface area contributed by atoms with Crippen molar-refractivity contribution in [2.24, 2.45) is 0 Å². The lowest BCUT2D eigenvalue weighted by molar-refractivity contribution is 0.138. The Hall–Kier alpha value is -1.56. The summed E-state index contributed by atoms with van der Waals surface area (Å²) in [4.78, 5) is 13.1. The Balaban J connectivity index is 2.20. The summed E-state index contributed by atoms with van der Waals surface area (Å²) in [7, 11) is 2.15. The molecular weight excluding hydrogens is 254 g/mol. The number of ether oxygens (including phenoxy) is 1. The van der Waals surface area contributed by atoms with E-state index in [9.17, 15) is 0 Å². The molecule has 0 amide bonds. The predicted molar refractivity (Wildman–Crippen MR) is 81.2 cm³/mol. The smallest absolute Gasteiger partial charge is 0.242 e. The molecule has 112 valence electrons. The van der Waals surface area contributed by atoms with Crippen molar-refractivity contribution in [1.29, 1.82) is 0 Å². The fraction of sp³-hybridized carbons (Fsp3) is 0.714. The molecule has 1 saturated heterocycles. The van der Waals surface area contributed by atoms with Gasteiger partial charge in [0.05, 0.1) is 6.61 Å². The number of nitrogens with zero attached hydrogens (tertiary/aromatic N) is 4. The minimum absolute atomic E-state index is 0.0973. The first-order chi connectivity index (χ1) is 9.45. The first-order valence-electron chi connectivity index (χ1n) is 7.15. The standard InChI is InChI=1S/C14H25N5O/c1-5-8-20-13-11(15)12(16-10-17-13)19-7-6-18(4)14(2,3)9-19/h10H,5-9,15H2,1-4H3. The molecule has 0 bridgehead atoms. The topological polar surface area (TPSA) is 67.5 Å². The molecule has 6 heteroatoms. The van der Waals surface area contributed by atoms with Crippen LogP contribution in [0.5, 0.6) is 5.88 Å². The predicted octanol–water partition coefficient (Wildman–Crippen LogP) is 1.38. The maximum absolute atomic E-state index is 6.17. The summed E-state index contributed by atoms with van der Waals surface area (Å²) in [6.45, 7) is 9.92. The number of hydrogen-bond donors (Lipinski definition) is 1. The molecule has 0 aromatic carbocycles. The van der Waals surface area contributed by atoms with Gasteiger partial charge in [0.25, 0.3) is 0 Å². The van der Waals surface area contributed by atoms with Crippen molar-refractivity contribution in [2.45, 2.75) is 32.7 Å². The second kappa shape index (κ2) is 5.83. The Bertz CT molecular complexity index is 463. The molecule has 6 nitrogen and oxygen atoms in total. The summed E-state index contributed by atoms with van der Waals surface area (Å²) >= 11 is 0. The van der Waals surface area contributed by atoms with Crippen LogP contribution in [0.4, 0.5) is 11.5 Å². The maximum Gasteiger partial charge on any atom is 0.242 e. The molecule has 0 spiro atoms. The van der Waals surface area contributed by atoms with Crippen molar-refractivity contribution in [3.05, 3.63) is 6.33 Å². The van der Waals surface area contributed by atoms with Crippen LogP contribution in [0.25, 0.3) is 0 Å². The first kappa shape index (κ1) is 14.8. The van der Waals surface area contributed by atoms with Gasteiger partial charge in [-0.1, -0.05) is 6.92 Å². The van der Waals surface area contributed by atoms with Gasteiger partial charge >= 0.3 is 0 Å². The van der Waals surface area contributed by atoms with E-state index < -0.39 is 0 Å². The molecule has 20 heavy (non-hydrogen) atoms. The maximum atomic E-state index is 6.17. The minimum atomic E-state index is 0.0973. The highest BCUT2D eigenvalue weighted by atomic mass is 16.5. The number of piperazine rings is 1. The second-order valence-corrected chi connectivity index (χ2v) is 5.92. The SMILES string of the molecule is CCCOc1ncnc(N2CCN(C)C(C)(C)C2)c1N. The highest BCUT2D eigenvalue weighted by Gasteiger charge is 2.32. The van der Waals surface area contributed by atoms with Crippen molar-refractivity contribution in [1.82, 2.24) is 14.9 Å². The lowest BCUT2D eigenvalue weighted by Crippen LogP contribution is -2.58. The van der Waals surface area contributed by atoms with Crippen LogP contribution < -0.4 is 15.4 Å². The van der Waals surface area contributed by atoms with Crippen LogP contribution in [-0.4, -0.2) is 53.7 Å². The summed E-state index contributed by atoms with van der Waals surface area (Å²) in [5.74, 6) is 1.28. The third kappa shape index (κ3) is 2.95. The number of nitrogens with two attached hydrogens (primary N) is 1. The van der Waals surface area contributed by atoms with E-state index in [1.54, 1.807) is 0 Å². The Morgan fingerprint density at radius 1 is 1.35 bits per heavy atom. The summed E-state index contributed by atoms with van der Waals surface area (Å²) < 4.78 is 5.58. The monoisotopic (exact) mass is 279 g/mol. The lowest BCUT2D eigenvalue weighted by Gasteiger charge is -2.45. The molecule has 1 fully saturated rings. The Morgan fingerprint density at radius 2 is 2.10 bits per heavy atom. The second-order valence-electron chi connectivity index (χ2n) is 5.92. The van der Waals surface area contributed by atoms with E-state index in [2.05, 4.69) is 47.6 Å². The van der Waals surface area contributed by atoms with Crippen molar-refractivity contribution >= 4 is 11.5 Å². The van der Waals surface area contributed by atoms with Gasteiger partial charge in [-0.25, -0.2) is 4.98 Å². The summed E-state index contributed by atoms with van der Waals surface area (Å²) in [5, 5.41) is 0. The molecular formula is C14H25N5O. The zero-order chi connectivity index (χ0) is 14.8. The van der Waals surface area contributed by atoms with Gasteiger partial charge in [-0.05, 0) is 27.3 Å². The summed E-state index contributed by atoms with van der Waals surface area (Å²) in [6, 6.07) is 0. The summed E-state index contributed by atoms with van der Waals surface area (Å²) in [6.07, 6.45) is 2.46. The van der Waals surface area contributed by atoms with Gasteiger partial charge in [-0.15, -0.1) is 0 Å². The van der Waals surface area contributed by atoms with E-state index in [0.717, 1.165) is 31.9 Å². The lowest BCUT2D eigenvalue weighted by atomic mass is 10.00. The number of nitrogen functional groups attached to an aromatic ring is 1. The number of likely N-dealkylation sites (N-methyl/N-ethyl adjacent to an activating group) is 1. The van der Waals surface area contributed by atoms with Crippen molar-refractivity contribution in [3.8, 4) is 5.88 Å². The zero-order valence-corrected chi connectivity index (χ0v) is 12.9. The molecule has 0 aliphatic carbocycles. The Morgan fingerprint density at radius 3 is 2.75 bits per heavy atom. The van der Waals surface area contributed by atoms with Crippen LogP contribution in [0, 0.1) is 0 Å². The quantitative estimate of drug-likeness (QED) is 0.898. The van der Waals surface area contributed by atoms with E-state index in [-0.39, 0.29) is 5.54 Å². The molecule has 0 atom stereocenters. The molecule has 2 rings (SSSR count). The largest absolute Gasteiger partial charge is 0.476 e. The molecule has 0 saturated carbocycles. The van der Waals surface area contributed by atoms with Crippen LogP contribution in [0.2, 0.25) is 0 Å². The van der Waals surface area contributed by atoms with E-state index in [4.69, 9.17) is 10.5 Å². The normalized spacial score (nSPS) is 19.1. The third-order valence-electron chi connectivity index (χ3n) is 3.89. The summed E-state index contributed by atoms with van der Waals surface area (Å²) in [5.41, 5.74) is 6.81. The Labute approximate surface area is 120 Å². The highest BCUT2D eigenvalue weighted by molar-refractivity contribution is 5.68. The van der Waals surface area contributed by atoms with Crippen LogP contribution in [0.1, 0.15) is 27.2 Å². The zero-order valence-electron chi connectivity index (χ0n) is 12.9. The van der Waals surface area contributed by atoms with Gasteiger partial charge in [0, 0.05) is 25.2 Å². The van der Waals surface area contributed by atoms with Gasteiger partial charge < -0.3 is 15.4 Å². The molecule has 1 aromatic rings. The van der Waals surface area contributed by atoms with E-state index in [0.29, 0.717) is 18.2 Å². The van der Waals surface area contributed by atoms with E-state index >= 15 is 0 Å². The van der Waals surface area contributed by atoms with E-state index in [1.807, 2.05) is 0 Å². The third-order valence-corrected chi connectivity index (χ3v) is 3.89. The molecule has 2 heterocycles. The van der Waals surface area contributed by atoms with Crippen LogP contribution >= 0.6 is 0 Å². The number of rotatable bonds is 4. The first-order valence-corrected chi connectivity index (χ1v) is 7.15. The van der Waals surface area contributed by atoms with Crippen LogP contribution in [-0.2, 0) is 0 Å². The molecule has 0 unspecified atom stereocenters. The van der Waals surface area contributed by atoms with Crippen LogP contribution in [0.15, 0.2) is 6.33 Å². The molecule has 0 radical (unpaired) electrons. The van der Waals surface area contributed by atoms with Crippen LogP contribution in [0.3, 0.4) is 0 Å². The highest BCUT2D eigenvalue weighted by Crippen LogP contribution is 2.31. The number of anilines is 2. The van der Waals surface area contributed by atoms with Crippen molar-refractivity contribution in [2.75, 3.05) is 43.9 Å². The average molecular weight is 279 g/mol. The number of aromatic nitrogens is 2. The molecule has 2 N–H and O–H groups in total. The van der Waals surface area contributed by atoms with Gasteiger partial charge in [-0.3, -0.25) is 4.90 Å². The fourth-order valence-corrected chi connectivity index (χ4v) is 2.36. The fourth-order valence-electron chi connectivity index (χ4n) is 2.36. The average Bonchev–Trinajstić information content (AvgIpc) is 2.41. The minimum Gasteiger partial charge on any atom is -0.476 e. The molecule has 1 aromatic heterocycles. The number of hydrogen-bond acceptors (Lipinski definition) is 6. The van der Waals surface area contributed by atoms with Gasteiger partial charge in [0.1, 0.15) is 12.0 Å². The van der Waals surface area contributed by atoms with Gasteiger partial charge in [0.15, 0.2) is 5.82 Å². The molecule has 1 aliphatic heterocycles. The van der Waals surface area contributed by atoms with Gasteiger partial charge in [0.2, 0.25) is 5.88 Å². The van der Waals surface area contributed by atoms with Gasteiger partial charge in [-0.2, -0.15) is 4.98 Å². The van der Waals surface area contributed by atoms with Crippen molar-refractivity contribution < 1.29 is 4.74 Å². The van der Waals surface area contributed by atoms with Crippen molar-refractivity contribution in [3.63, 3.8) is 0 Å².